The number of aromatic nitrogens is 2. The SMILES string of the molecule is COc1cccc(C)c1NC(=O)N1CCCC1c1cnn(C)c1. The van der Waals surface area contributed by atoms with E-state index in [9.17, 15) is 4.79 Å². The second kappa shape index (κ2) is 6.32. The van der Waals surface area contributed by atoms with Crippen molar-refractivity contribution in [2.45, 2.75) is 25.8 Å². The fourth-order valence-electron chi connectivity index (χ4n) is 3.12. The van der Waals surface area contributed by atoms with Crippen LogP contribution in [0.2, 0.25) is 0 Å². The molecule has 122 valence electrons. The summed E-state index contributed by atoms with van der Waals surface area (Å²) in [6, 6.07) is 5.71. The second-order valence-corrected chi connectivity index (χ2v) is 5.88. The molecule has 2 amide bonds. The molecule has 1 N–H and O–H groups in total. The van der Waals surface area contributed by atoms with Gasteiger partial charge in [0.05, 0.1) is 25.0 Å². The molecule has 1 fully saturated rings. The Kier molecular flexibility index (Phi) is 4.23. The van der Waals surface area contributed by atoms with Crippen molar-refractivity contribution in [3.8, 4) is 5.75 Å². The van der Waals surface area contributed by atoms with E-state index in [4.69, 9.17) is 4.74 Å². The Morgan fingerprint density at radius 3 is 2.96 bits per heavy atom. The number of methoxy groups -OCH3 is 1. The number of nitrogens with one attached hydrogen (secondary N) is 1. The van der Waals surface area contributed by atoms with E-state index in [1.165, 1.54) is 0 Å². The number of nitrogens with zero attached hydrogens (tertiary/aromatic N) is 3. The fraction of sp³-hybridized carbons (Fsp3) is 0.412. The normalized spacial score (nSPS) is 17.3. The van der Waals surface area contributed by atoms with Gasteiger partial charge in [-0.25, -0.2) is 4.79 Å². The summed E-state index contributed by atoms with van der Waals surface area (Å²) >= 11 is 0. The monoisotopic (exact) mass is 314 g/mol. The van der Waals surface area contributed by atoms with Gasteiger partial charge in [-0.2, -0.15) is 5.10 Å². The van der Waals surface area contributed by atoms with E-state index in [0.717, 1.165) is 36.2 Å². The number of ether oxygens (including phenoxy) is 1. The van der Waals surface area contributed by atoms with E-state index in [2.05, 4.69) is 10.4 Å². The largest absolute Gasteiger partial charge is 0.495 e. The molecule has 23 heavy (non-hydrogen) atoms. The molecule has 1 aliphatic rings. The van der Waals surface area contributed by atoms with Crippen LogP contribution in [0.1, 0.15) is 30.0 Å². The molecule has 1 unspecified atom stereocenters. The van der Waals surface area contributed by atoms with Crippen LogP contribution >= 0.6 is 0 Å². The van der Waals surface area contributed by atoms with Gasteiger partial charge in [-0.05, 0) is 31.4 Å². The molecule has 0 aliphatic carbocycles. The average molecular weight is 314 g/mol. The van der Waals surface area contributed by atoms with E-state index in [1.807, 2.05) is 49.5 Å². The number of rotatable bonds is 3. The van der Waals surface area contributed by atoms with Crippen LogP contribution in [0.25, 0.3) is 0 Å². The maximum Gasteiger partial charge on any atom is 0.322 e. The average Bonchev–Trinajstić information content (AvgIpc) is 3.17. The Morgan fingerprint density at radius 1 is 1.43 bits per heavy atom. The zero-order valence-corrected chi connectivity index (χ0v) is 13.7. The highest BCUT2D eigenvalue weighted by Crippen LogP contribution is 2.33. The van der Waals surface area contributed by atoms with Crippen LogP contribution in [0.5, 0.6) is 5.75 Å². The molecule has 1 aromatic carbocycles. The van der Waals surface area contributed by atoms with Gasteiger partial charge in [0.2, 0.25) is 0 Å². The third kappa shape index (κ3) is 3.02. The van der Waals surface area contributed by atoms with Gasteiger partial charge in [0.1, 0.15) is 5.75 Å². The molecule has 0 spiro atoms. The fourth-order valence-corrected chi connectivity index (χ4v) is 3.12. The Morgan fingerprint density at radius 2 is 2.26 bits per heavy atom. The number of benzene rings is 1. The summed E-state index contributed by atoms with van der Waals surface area (Å²) in [5, 5.41) is 7.23. The smallest absolute Gasteiger partial charge is 0.322 e. The molecular formula is C17H22N4O2. The Hall–Kier alpha value is -2.50. The third-order valence-corrected chi connectivity index (χ3v) is 4.31. The molecule has 0 bridgehead atoms. The molecule has 1 aromatic heterocycles. The predicted molar refractivity (Wildman–Crippen MR) is 88.6 cm³/mol. The Bertz CT molecular complexity index is 710. The summed E-state index contributed by atoms with van der Waals surface area (Å²) in [7, 11) is 3.50. The third-order valence-electron chi connectivity index (χ3n) is 4.31. The maximum absolute atomic E-state index is 12.8. The number of likely N-dealkylation sites (tertiary alicyclic amines) is 1. The molecule has 0 radical (unpaired) electrons. The van der Waals surface area contributed by atoms with Gasteiger partial charge in [-0.3, -0.25) is 4.68 Å². The van der Waals surface area contributed by atoms with E-state index >= 15 is 0 Å². The number of hydrogen-bond acceptors (Lipinski definition) is 3. The Balaban J connectivity index is 1.80. The van der Waals surface area contributed by atoms with Crippen molar-refractivity contribution in [2.24, 2.45) is 7.05 Å². The lowest BCUT2D eigenvalue weighted by atomic mass is 10.1. The van der Waals surface area contributed by atoms with Crippen LogP contribution in [0.4, 0.5) is 10.5 Å². The number of hydrogen-bond donors (Lipinski definition) is 1. The topological polar surface area (TPSA) is 59.4 Å². The summed E-state index contributed by atoms with van der Waals surface area (Å²) in [5.41, 5.74) is 2.79. The van der Waals surface area contributed by atoms with Gasteiger partial charge < -0.3 is 15.0 Å². The van der Waals surface area contributed by atoms with E-state index in [1.54, 1.807) is 11.8 Å². The zero-order valence-electron chi connectivity index (χ0n) is 13.7. The minimum Gasteiger partial charge on any atom is -0.495 e. The first-order valence-corrected chi connectivity index (χ1v) is 7.80. The molecule has 0 saturated carbocycles. The van der Waals surface area contributed by atoms with Crippen LogP contribution in [0.15, 0.2) is 30.6 Å². The molecule has 6 nitrogen and oxygen atoms in total. The summed E-state index contributed by atoms with van der Waals surface area (Å²) in [4.78, 5) is 14.6. The second-order valence-electron chi connectivity index (χ2n) is 5.88. The quantitative estimate of drug-likeness (QED) is 0.947. The van der Waals surface area contributed by atoms with Crippen molar-refractivity contribution in [2.75, 3.05) is 19.0 Å². The molecule has 1 saturated heterocycles. The Labute approximate surface area is 136 Å². The molecule has 1 atom stereocenters. The van der Waals surface area contributed by atoms with E-state index < -0.39 is 0 Å². The number of urea groups is 1. The molecule has 2 aromatic rings. The van der Waals surface area contributed by atoms with Gasteiger partial charge in [-0.15, -0.1) is 0 Å². The summed E-state index contributed by atoms with van der Waals surface area (Å²) in [6.45, 7) is 2.71. The number of para-hydroxylation sites is 1. The van der Waals surface area contributed by atoms with E-state index in [-0.39, 0.29) is 12.1 Å². The summed E-state index contributed by atoms with van der Waals surface area (Å²) in [5.74, 6) is 0.676. The van der Waals surface area contributed by atoms with Crippen molar-refractivity contribution in [3.63, 3.8) is 0 Å². The van der Waals surface area contributed by atoms with Crippen molar-refractivity contribution in [3.05, 3.63) is 41.7 Å². The van der Waals surface area contributed by atoms with Crippen molar-refractivity contribution in [1.82, 2.24) is 14.7 Å². The molecule has 2 heterocycles. The number of anilines is 1. The highest BCUT2D eigenvalue weighted by Gasteiger charge is 2.31. The lowest BCUT2D eigenvalue weighted by Gasteiger charge is -2.25. The van der Waals surface area contributed by atoms with Crippen LogP contribution in [-0.2, 0) is 7.05 Å². The summed E-state index contributed by atoms with van der Waals surface area (Å²) < 4.78 is 7.13. The van der Waals surface area contributed by atoms with Gasteiger partial charge >= 0.3 is 6.03 Å². The lowest BCUT2D eigenvalue weighted by Crippen LogP contribution is -2.34. The highest BCUT2D eigenvalue weighted by molar-refractivity contribution is 5.92. The summed E-state index contributed by atoms with van der Waals surface area (Å²) in [6.07, 6.45) is 5.77. The van der Waals surface area contributed by atoms with Crippen molar-refractivity contribution >= 4 is 11.7 Å². The first-order chi connectivity index (χ1) is 11.1. The molecule has 3 rings (SSSR count). The van der Waals surface area contributed by atoms with Crippen LogP contribution < -0.4 is 10.1 Å². The van der Waals surface area contributed by atoms with Crippen LogP contribution in [-0.4, -0.2) is 34.4 Å². The van der Waals surface area contributed by atoms with Crippen LogP contribution in [0, 0.1) is 6.92 Å². The lowest BCUT2D eigenvalue weighted by molar-refractivity contribution is 0.207. The number of amides is 2. The first-order valence-electron chi connectivity index (χ1n) is 7.80. The van der Waals surface area contributed by atoms with Gasteiger partial charge in [0, 0.05) is 25.4 Å². The standard InChI is InChI=1S/C17H22N4O2/c1-12-6-4-8-15(23-3)16(12)19-17(22)21-9-5-7-14(21)13-10-18-20(2)11-13/h4,6,8,10-11,14H,5,7,9H2,1-3H3,(H,19,22). The minimum atomic E-state index is -0.0936. The van der Waals surface area contributed by atoms with Gasteiger partial charge in [-0.1, -0.05) is 12.1 Å². The van der Waals surface area contributed by atoms with Crippen molar-refractivity contribution < 1.29 is 9.53 Å². The maximum atomic E-state index is 12.8. The minimum absolute atomic E-state index is 0.0821. The number of carbonyl (C=O) groups is 1. The van der Waals surface area contributed by atoms with Gasteiger partial charge in [0.25, 0.3) is 0 Å². The zero-order chi connectivity index (χ0) is 16.4. The molecule has 6 heteroatoms. The number of aryl methyl sites for hydroxylation is 2. The molecular weight excluding hydrogens is 292 g/mol. The van der Waals surface area contributed by atoms with Gasteiger partial charge in [0.15, 0.2) is 0 Å². The highest BCUT2D eigenvalue weighted by atomic mass is 16.5. The predicted octanol–water partition coefficient (Wildman–Crippen LogP) is 3.11. The van der Waals surface area contributed by atoms with Crippen LogP contribution in [0.3, 0.4) is 0 Å². The van der Waals surface area contributed by atoms with Crippen molar-refractivity contribution in [1.29, 1.82) is 0 Å². The number of carbonyl (C=O) groups excluding carboxylic acids is 1. The molecule has 1 aliphatic heterocycles. The first kappa shape index (κ1) is 15.4. The van der Waals surface area contributed by atoms with E-state index in [0.29, 0.717) is 5.75 Å².